The first kappa shape index (κ1) is 16.6. The van der Waals surface area contributed by atoms with Crippen LogP contribution in [0.5, 0.6) is 0 Å². The van der Waals surface area contributed by atoms with Crippen molar-refractivity contribution in [3.05, 3.63) is 82.0 Å². The molecule has 2 aromatic carbocycles. The van der Waals surface area contributed by atoms with Crippen molar-refractivity contribution in [3.63, 3.8) is 0 Å². The molecule has 0 fully saturated rings. The molecule has 0 saturated carbocycles. The third-order valence-corrected chi connectivity index (χ3v) is 4.39. The van der Waals surface area contributed by atoms with E-state index in [0.29, 0.717) is 33.7 Å². The molecule has 0 aliphatic carbocycles. The summed E-state index contributed by atoms with van der Waals surface area (Å²) in [5, 5.41) is 7.08. The first-order valence-electron chi connectivity index (χ1n) is 7.48. The Hall–Kier alpha value is -3.25. The largest absolute Gasteiger partial charge is 0.319 e. The standard InChI is InChI=1S/C19H14N2O3S/c22-11-16-17(21-19(24)14-9-5-2-6-10-14)15(12-25-16)20-18(23)13-7-3-1-4-8-13/h1-12H,(H,20,23)(H,21,24). The monoisotopic (exact) mass is 350 g/mol. The fraction of sp³-hybridized carbons (Fsp3) is 0. The summed E-state index contributed by atoms with van der Waals surface area (Å²) in [4.78, 5) is 36.3. The minimum absolute atomic E-state index is 0.304. The van der Waals surface area contributed by atoms with Gasteiger partial charge in [0.1, 0.15) is 0 Å². The Morgan fingerprint density at radius 2 is 1.32 bits per heavy atom. The lowest BCUT2D eigenvalue weighted by Crippen LogP contribution is -2.16. The molecule has 0 saturated heterocycles. The van der Waals surface area contributed by atoms with Crippen molar-refractivity contribution in [3.8, 4) is 0 Å². The van der Waals surface area contributed by atoms with Crippen LogP contribution in [0.2, 0.25) is 0 Å². The lowest BCUT2D eigenvalue weighted by Gasteiger charge is -2.09. The van der Waals surface area contributed by atoms with Gasteiger partial charge in [-0.15, -0.1) is 11.3 Å². The maximum absolute atomic E-state index is 12.4. The smallest absolute Gasteiger partial charge is 0.255 e. The van der Waals surface area contributed by atoms with Gasteiger partial charge in [-0.05, 0) is 24.3 Å². The van der Waals surface area contributed by atoms with E-state index in [9.17, 15) is 14.4 Å². The van der Waals surface area contributed by atoms with Gasteiger partial charge in [-0.3, -0.25) is 14.4 Å². The van der Waals surface area contributed by atoms with E-state index in [-0.39, 0.29) is 11.8 Å². The topological polar surface area (TPSA) is 75.3 Å². The van der Waals surface area contributed by atoms with Crippen molar-refractivity contribution in [2.75, 3.05) is 10.6 Å². The van der Waals surface area contributed by atoms with Crippen molar-refractivity contribution in [1.82, 2.24) is 0 Å². The normalized spacial score (nSPS) is 10.1. The highest BCUT2D eigenvalue weighted by Gasteiger charge is 2.17. The Labute approximate surface area is 148 Å². The molecule has 124 valence electrons. The van der Waals surface area contributed by atoms with Gasteiger partial charge in [0, 0.05) is 16.5 Å². The molecule has 0 atom stereocenters. The molecule has 0 aliphatic heterocycles. The Morgan fingerprint density at radius 1 is 0.800 bits per heavy atom. The van der Waals surface area contributed by atoms with Crippen LogP contribution in [-0.2, 0) is 0 Å². The quantitative estimate of drug-likeness (QED) is 0.681. The zero-order chi connectivity index (χ0) is 17.6. The summed E-state index contributed by atoms with van der Waals surface area (Å²) in [6, 6.07) is 17.4. The van der Waals surface area contributed by atoms with E-state index in [1.54, 1.807) is 53.9 Å². The Balaban J connectivity index is 1.84. The van der Waals surface area contributed by atoms with Gasteiger partial charge in [-0.25, -0.2) is 0 Å². The average molecular weight is 350 g/mol. The molecule has 0 aliphatic rings. The van der Waals surface area contributed by atoms with E-state index in [1.807, 2.05) is 12.1 Å². The highest BCUT2D eigenvalue weighted by molar-refractivity contribution is 7.13. The summed E-state index contributed by atoms with van der Waals surface area (Å²) in [7, 11) is 0. The van der Waals surface area contributed by atoms with Crippen LogP contribution >= 0.6 is 11.3 Å². The van der Waals surface area contributed by atoms with Gasteiger partial charge >= 0.3 is 0 Å². The summed E-state index contributed by atoms with van der Waals surface area (Å²) in [6.45, 7) is 0. The summed E-state index contributed by atoms with van der Waals surface area (Å²) >= 11 is 1.15. The van der Waals surface area contributed by atoms with Gasteiger partial charge < -0.3 is 10.6 Å². The van der Waals surface area contributed by atoms with Crippen molar-refractivity contribution < 1.29 is 14.4 Å². The average Bonchev–Trinajstić information content (AvgIpc) is 3.04. The third kappa shape index (κ3) is 3.81. The molecular formula is C19H14N2O3S. The van der Waals surface area contributed by atoms with Gasteiger partial charge in [0.05, 0.1) is 16.3 Å². The van der Waals surface area contributed by atoms with Gasteiger partial charge in [-0.1, -0.05) is 36.4 Å². The van der Waals surface area contributed by atoms with Crippen LogP contribution < -0.4 is 10.6 Å². The molecule has 0 radical (unpaired) electrons. The fourth-order valence-electron chi connectivity index (χ4n) is 2.24. The van der Waals surface area contributed by atoms with E-state index in [0.717, 1.165) is 11.3 Å². The first-order chi connectivity index (χ1) is 12.2. The van der Waals surface area contributed by atoms with Crippen LogP contribution in [0.1, 0.15) is 30.4 Å². The van der Waals surface area contributed by atoms with Crippen molar-refractivity contribution in [2.24, 2.45) is 0 Å². The second-order valence-corrected chi connectivity index (χ2v) is 6.06. The molecule has 0 spiro atoms. The summed E-state index contributed by atoms with van der Waals surface area (Å²) in [5.74, 6) is -0.664. The Morgan fingerprint density at radius 3 is 1.84 bits per heavy atom. The van der Waals surface area contributed by atoms with Crippen LogP contribution in [0.3, 0.4) is 0 Å². The van der Waals surface area contributed by atoms with Crippen LogP contribution in [-0.4, -0.2) is 18.1 Å². The van der Waals surface area contributed by atoms with Crippen molar-refractivity contribution in [2.45, 2.75) is 0 Å². The highest BCUT2D eigenvalue weighted by Crippen LogP contribution is 2.32. The predicted octanol–water partition coefficient (Wildman–Crippen LogP) is 4.07. The maximum atomic E-state index is 12.4. The number of hydrogen-bond donors (Lipinski definition) is 2. The molecule has 1 heterocycles. The molecule has 6 heteroatoms. The lowest BCUT2D eigenvalue weighted by molar-refractivity contribution is 0.101. The molecule has 3 rings (SSSR count). The SMILES string of the molecule is O=Cc1scc(NC(=O)c2ccccc2)c1NC(=O)c1ccccc1. The molecule has 2 N–H and O–H groups in total. The zero-order valence-electron chi connectivity index (χ0n) is 13.1. The number of thiophene rings is 1. The van der Waals surface area contributed by atoms with E-state index < -0.39 is 0 Å². The van der Waals surface area contributed by atoms with Crippen LogP contribution in [0, 0.1) is 0 Å². The Bertz CT molecular complexity index is 905. The van der Waals surface area contributed by atoms with Crippen LogP contribution in [0.15, 0.2) is 66.0 Å². The van der Waals surface area contributed by atoms with E-state index in [4.69, 9.17) is 0 Å². The predicted molar refractivity (Wildman–Crippen MR) is 98.5 cm³/mol. The van der Waals surface area contributed by atoms with Crippen molar-refractivity contribution in [1.29, 1.82) is 0 Å². The fourth-order valence-corrected chi connectivity index (χ4v) is 3.00. The van der Waals surface area contributed by atoms with Crippen LogP contribution in [0.25, 0.3) is 0 Å². The molecule has 0 unspecified atom stereocenters. The minimum atomic E-state index is -0.350. The summed E-state index contributed by atoms with van der Waals surface area (Å²) in [5.41, 5.74) is 1.65. The third-order valence-electron chi connectivity index (χ3n) is 3.49. The number of hydrogen-bond acceptors (Lipinski definition) is 4. The van der Waals surface area contributed by atoms with Gasteiger partial charge in [0.15, 0.2) is 6.29 Å². The molecule has 1 aromatic heterocycles. The zero-order valence-corrected chi connectivity index (χ0v) is 13.9. The van der Waals surface area contributed by atoms with E-state index in [1.165, 1.54) is 0 Å². The number of amides is 2. The number of aldehydes is 1. The molecule has 5 nitrogen and oxygen atoms in total. The number of nitrogens with one attached hydrogen (secondary N) is 2. The second-order valence-electron chi connectivity index (χ2n) is 5.15. The minimum Gasteiger partial charge on any atom is -0.319 e. The molecule has 3 aromatic rings. The van der Waals surface area contributed by atoms with Gasteiger partial charge in [-0.2, -0.15) is 0 Å². The molecular weight excluding hydrogens is 336 g/mol. The van der Waals surface area contributed by atoms with E-state index in [2.05, 4.69) is 10.6 Å². The Kier molecular flexibility index (Phi) is 5.01. The number of benzene rings is 2. The first-order valence-corrected chi connectivity index (χ1v) is 8.36. The molecule has 2 amide bonds. The number of carbonyl (C=O) groups is 3. The summed E-state index contributed by atoms with van der Waals surface area (Å²) < 4.78 is 0. The lowest BCUT2D eigenvalue weighted by atomic mass is 10.2. The number of rotatable bonds is 5. The van der Waals surface area contributed by atoms with Gasteiger partial charge in [0.25, 0.3) is 11.8 Å². The highest BCUT2D eigenvalue weighted by atomic mass is 32.1. The van der Waals surface area contributed by atoms with Crippen molar-refractivity contribution >= 4 is 40.8 Å². The molecule has 25 heavy (non-hydrogen) atoms. The number of carbonyl (C=O) groups excluding carboxylic acids is 3. The number of anilines is 2. The molecule has 0 bridgehead atoms. The summed E-state index contributed by atoms with van der Waals surface area (Å²) in [6.07, 6.45) is 0.656. The van der Waals surface area contributed by atoms with E-state index >= 15 is 0 Å². The van der Waals surface area contributed by atoms with Gasteiger partial charge in [0.2, 0.25) is 0 Å². The van der Waals surface area contributed by atoms with Crippen LogP contribution in [0.4, 0.5) is 11.4 Å². The second kappa shape index (κ2) is 7.55. The maximum Gasteiger partial charge on any atom is 0.255 e.